The number of rotatable bonds is 9. The predicted octanol–water partition coefficient (Wildman–Crippen LogP) is 5.05. The van der Waals surface area contributed by atoms with Crippen LogP contribution in [-0.2, 0) is 19.5 Å². The molecule has 0 bridgehead atoms. The molecule has 0 aliphatic carbocycles. The minimum absolute atomic E-state index is 0.700. The lowest BCUT2D eigenvalue weighted by atomic mass is 10.0. The maximum absolute atomic E-state index is 2.56. The quantitative estimate of drug-likeness (QED) is 0.494. The van der Waals surface area contributed by atoms with Crippen LogP contribution in [0.5, 0.6) is 0 Å². The van der Waals surface area contributed by atoms with Gasteiger partial charge in [0.15, 0.2) is 0 Å². The first-order chi connectivity index (χ1) is 11.9. The average molecular weight is 450 g/mol. The number of likely N-dealkylation sites (N-methyl/N-ethyl adjacent to an activating group) is 1. The highest BCUT2D eigenvalue weighted by Crippen LogP contribution is 2.17. The van der Waals surface area contributed by atoms with Crippen molar-refractivity contribution in [2.75, 3.05) is 27.2 Å². The molecule has 2 rings (SSSR count). The minimum atomic E-state index is 0.700. The van der Waals surface area contributed by atoms with Gasteiger partial charge in [-0.3, -0.25) is 4.90 Å². The van der Waals surface area contributed by atoms with E-state index >= 15 is 0 Å². The Kier molecular flexibility index (Phi) is 8.40. The van der Waals surface area contributed by atoms with E-state index in [1.807, 2.05) is 0 Å². The fourth-order valence-corrected chi connectivity index (χ4v) is 3.57. The molecule has 0 spiro atoms. The van der Waals surface area contributed by atoms with Gasteiger partial charge in [-0.25, -0.2) is 0 Å². The molecular formula is C22H31IN2. The van der Waals surface area contributed by atoms with Crippen molar-refractivity contribution >= 4 is 22.6 Å². The van der Waals surface area contributed by atoms with E-state index in [1.165, 1.54) is 20.3 Å². The van der Waals surface area contributed by atoms with Crippen molar-refractivity contribution in [3.8, 4) is 0 Å². The van der Waals surface area contributed by atoms with Gasteiger partial charge < -0.3 is 4.90 Å². The standard InChI is InChI=1S/C22H31IN2/c1-18(2)14-19-8-7-9-20(15-19)16-25(13-12-24(3)4)17-21-10-5-6-11-22(21)23/h5-11,15,18H,12-14,16-17H2,1-4H3. The van der Waals surface area contributed by atoms with Crippen LogP contribution in [0.2, 0.25) is 0 Å². The highest BCUT2D eigenvalue weighted by atomic mass is 127. The van der Waals surface area contributed by atoms with Crippen LogP contribution in [0.4, 0.5) is 0 Å². The Bertz CT molecular complexity index is 652. The molecule has 136 valence electrons. The number of halogens is 1. The molecule has 0 aromatic heterocycles. The number of hydrogen-bond donors (Lipinski definition) is 0. The summed E-state index contributed by atoms with van der Waals surface area (Å²) in [5, 5.41) is 0. The molecule has 2 aromatic rings. The van der Waals surface area contributed by atoms with E-state index < -0.39 is 0 Å². The first kappa shape index (κ1) is 20.4. The largest absolute Gasteiger partial charge is 0.308 e. The fourth-order valence-electron chi connectivity index (χ4n) is 3.01. The summed E-state index contributed by atoms with van der Waals surface area (Å²) in [4.78, 5) is 4.82. The highest BCUT2D eigenvalue weighted by Gasteiger charge is 2.10. The molecule has 2 aromatic carbocycles. The normalized spacial score (nSPS) is 11.7. The third-order valence-corrected chi connectivity index (χ3v) is 5.31. The van der Waals surface area contributed by atoms with Gasteiger partial charge in [0.25, 0.3) is 0 Å². The van der Waals surface area contributed by atoms with Gasteiger partial charge in [0.05, 0.1) is 0 Å². The van der Waals surface area contributed by atoms with Crippen molar-refractivity contribution in [1.82, 2.24) is 9.80 Å². The molecule has 0 amide bonds. The SMILES string of the molecule is CC(C)Cc1cccc(CN(CCN(C)C)Cc2ccccc2I)c1. The second-order valence-corrected chi connectivity index (χ2v) is 8.69. The van der Waals surface area contributed by atoms with Crippen LogP contribution >= 0.6 is 22.6 Å². The Balaban J connectivity index is 2.11. The van der Waals surface area contributed by atoms with E-state index in [4.69, 9.17) is 0 Å². The average Bonchev–Trinajstić information content (AvgIpc) is 2.54. The van der Waals surface area contributed by atoms with Crippen LogP contribution in [-0.4, -0.2) is 37.0 Å². The Morgan fingerprint density at radius 3 is 2.28 bits per heavy atom. The number of benzene rings is 2. The molecule has 0 atom stereocenters. The number of nitrogens with zero attached hydrogens (tertiary/aromatic N) is 2. The van der Waals surface area contributed by atoms with Gasteiger partial charge in [0.2, 0.25) is 0 Å². The maximum atomic E-state index is 2.56. The van der Waals surface area contributed by atoms with Crippen molar-refractivity contribution in [2.24, 2.45) is 5.92 Å². The predicted molar refractivity (Wildman–Crippen MR) is 117 cm³/mol. The highest BCUT2D eigenvalue weighted by molar-refractivity contribution is 14.1. The van der Waals surface area contributed by atoms with Gasteiger partial charge in [0.1, 0.15) is 0 Å². The van der Waals surface area contributed by atoms with E-state index in [1.54, 1.807) is 0 Å². The third kappa shape index (κ3) is 7.47. The van der Waals surface area contributed by atoms with Crippen LogP contribution in [0.25, 0.3) is 0 Å². The molecule has 0 unspecified atom stereocenters. The number of hydrogen-bond acceptors (Lipinski definition) is 2. The zero-order chi connectivity index (χ0) is 18.2. The van der Waals surface area contributed by atoms with Crippen LogP contribution in [0, 0.1) is 9.49 Å². The van der Waals surface area contributed by atoms with Crippen molar-refractivity contribution in [1.29, 1.82) is 0 Å². The molecule has 0 saturated heterocycles. The van der Waals surface area contributed by atoms with Gasteiger partial charge in [0, 0.05) is 29.7 Å². The summed E-state index contributed by atoms with van der Waals surface area (Å²) in [5.41, 5.74) is 4.29. The van der Waals surface area contributed by atoms with Crippen LogP contribution in [0.15, 0.2) is 48.5 Å². The fraction of sp³-hybridized carbons (Fsp3) is 0.455. The van der Waals surface area contributed by atoms with Gasteiger partial charge >= 0.3 is 0 Å². The van der Waals surface area contributed by atoms with E-state index in [0.29, 0.717) is 5.92 Å². The molecule has 0 radical (unpaired) electrons. The summed E-state index contributed by atoms with van der Waals surface area (Å²) in [6, 6.07) is 17.8. The van der Waals surface area contributed by atoms with Crippen molar-refractivity contribution in [3.05, 3.63) is 68.8 Å². The van der Waals surface area contributed by atoms with E-state index in [0.717, 1.165) is 32.6 Å². The van der Waals surface area contributed by atoms with Crippen LogP contribution < -0.4 is 0 Å². The Morgan fingerprint density at radius 2 is 1.60 bits per heavy atom. The van der Waals surface area contributed by atoms with E-state index in [2.05, 4.69) is 109 Å². The zero-order valence-electron chi connectivity index (χ0n) is 16.0. The summed E-state index contributed by atoms with van der Waals surface area (Å²) in [5.74, 6) is 0.700. The van der Waals surface area contributed by atoms with Gasteiger partial charge in [-0.1, -0.05) is 56.3 Å². The van der Waals surface area contributed by atoms with Crippen molar-refractivity contribution in [2.45, 2.75) is 33.4 Å². The van der Waals surface area contributed by atoms with E-state index in [9.17, 15) is 0 Å². The molecule has 0 heterocycles. The third-order valence-electron chi connectivity index (χ3n) is 4.26. The summed E-state index contributed by atoms with van der Waals surface area (Å²) in [7, 11) is 4.29. The molecule has 0 N–H and O–H groups in total. The van der Waals surface area contributed by atoms with Gasteiger partial charge in [-0.15, -0.1) is 0 Å². The lowest BCUT2D eigenvalue weighted by molar-refractivity contribution is 0.226. The first-order valence-electron chi connectivity index (χ1n) is 9.12. The molecule has 0 fully saturated rings. The lowest BCUT2D eigenvalue weighted by Gasteiger charge is -2.25. The molecule has 0 saturated carbocycles. The topological polar surface area (TPSA) is 6.48 Å². The van der Waals surface area contributed by atoms with Crippen LogP contribution in [0.3, 0.4) is 0 Å². The monoisotopic (exact) mass is 450 g/mol. The van der Waals surface area contributed by atoms with Crippen molar-refractivity contribution < 1.29 is 0 Å². The maximum Gasteiger partial charge on any atom is 0.0248 e. The van der Waals surface area contributed by atoms with Gasteiger partial charge in [-0.05, 0) is 71.8 Å². The summed E-state index contributed by atoms with van der Waals surface area (Å²) < 4.78 is 1.35. The molecular weight excluding hydrogens is 419 g/mol. The minimum Gasteiger partial charge on any atom is -0.308 e. The second kappa shape index (κ2) is 10.3. The smallest absolute Gasteiger partial charge is 0.0248 e. The Morgan fingerprint density at radius 1 is 0.880 bits per heavy atom. The molecule has 0 aliphatic rings. The zero-order valence-corrected chi connectivity index (χ0v) is 18.2. The Labute approximate surface area is 167 Å². The molecule has 25 heavy (non-hydrogen) atoms. The van der Waals surface area contributed by atoms with Gasteiger partial charge in [-0.2, -0.15) is 0 Å². The second-order valence-electron chi connectivity index (χ2n) is 7.52. The van der Waals surface area contributed by atoms with E-state index in [-0.39, 0.29) is 0 Å². The summed E-state index contributed by atoms with van der Waals surface area (Å²) in [6.45, 7) is 8.73. The summed E-state index contributed by atoms with van der Waals surface area (Å²) in [6.07, 6.45) is 1.15. The molecule has 3 heteroatoms. The van der Waals surface area contributed by atoms with Crippen molar-refractivity contribution in [3.63, 3.8) is 0 Å². The van der Waals surface area contributed by atoms with Crippen LogP contribution in [0.1, 0.15) is 30.5 Å². The summed E-state index contributed by atoms with van der Waals surface area (Å²) >= 11 is 2.45. The molecule has 0 aliphatic heterocycles. The first-order valence-corrected chi connectivity index (χ1v) is 10.2. The molecule has 2 nitrogen and oxygen atoms in total. The Hall–Kier alpha value is -0.910. The lowest BCUT2D eigenvalue weighted by Crippen LogP contribution is -2.31.